The van der Waals surface area contributed by atoms with Crippen molar-refractivity contribution in [3.05, 3.63) is 21.9 Å². The molecule has 0 bridgehead atoms. The van der Waals surface area contributed by atoms with Crippen LogP contribution in [0.15, 0.2) is 10.5 Å². The molecule has 1 aliphatic heterocycles. The van der Waals surface area contributed by atoms with Crippen molar-refractivity contribution in [1.82, 2.24) is 0 Å². The zero-order valence-electron chi connectivity index (χ0n) is 8.83. The second-order valence-corrected chi connectivity index (χ2v) is 4.42. The number of halogens is 2. The molecule has 1 aromatic carbocycles. The Bertz CT molecular complexity index is 461. The van der Waals surface area contributed by atoms with E-state index in [1.165, 1.54) is 6.07 Å². The maximum atomic E-state index is 13.9. The summed E-state index contributed by atoms with van der Waals surface area (Å²) in [5.74, 6) is -0.700. The van der Waals surface area contributed by atoms with Gasteiger partial charge in [-0.1, -0.05) is 0 Å². The summed E-state index contributed by atoms with van der Waals surface area (Å²) in [4.78, 5) is 10.5. The van der Waals surface area contributed by atoms with Crippen LogP contribution >= 0.6 is 15.9 Å². The van der Waals surface area contributed by atoms with Gasteiger partial charge in [0.1, 0.15) is 19.0 Å². The molecule has 0 atom stereocenters. The van der Waals surface area contributed by atoms with E-state index in [0.717, 1.165) is 0 Å². The summed E-state index contributed by atoms with van der Waals surface area (Å²) in [7, 11) is 0. The van der Waals surface area contributed by atoms with E-state index in [4.69, 9.17) is 14.6 Å². The number of fused-ring (bicyclic) bond motifs is 1. The van der Waals surface area contributed by atoms with Crippen molar-refractivity contribution in [2.24, 2.45) is 0 Å². The first-order valence-corrected chi connectivity index (χ1v) is 5.87. The van der Waals surface area contributed by atoms with Crippen LogP contribution in [0.5, 0.6) is 11.5 Å². The van der Waals surface area contributed by atoms with E-state index in [-0.39, 0.29) is 22.9 Å². The van der Waals surface area contributed by atoms with Crippen molar-refractivity contribution < 1.29 is 23.8 Å². The molecule has 6 heteroatoms. The van der Waals surface area contributed by atoms with Crippen molar-refractivity contribution in [2.75, 3.05) is 13.2 Å². The summed E-state index contributed by atoms with van der Waals surface area (Å²) >= 11 is 3.07. The van der Waals surface area contributed by atoms with Gasteiger partial charge in [0.25, 0.3) is 0 Å². The normalized spacial score (nSPS) is 13.5. The highest BCUT2D eigenvalue weighted by atomic mass is 79.9. The topological polar surface area (TPSA) is 55.8 Å². The Hall–Kier alpha value is -1.30. The Kier molecular flexibility index (Phi) is 3.51. The number of aliphatic carboxylic acids is 1. The Labute approximate surface area is 105 Å². The third-order valence-corrected chi connectivity index (χ3v) is 2.98. The van der Waals surface area contributed by atoms with E-state index >= 15 is 0 Å². The molecule has 4 nitrogen and oxygen atoms in total. The van der Waals surface area contributed by atoms with Crippen molar-refractivity contribution in [3.63, 3.8) is 0 Å². The second-order valence-electron chi connectivity index (χ2n) is 3.57. The van der Waals surface area contributed by atoms with E-state index in [2.05, 4.69) is 15.9 Å². The largest absolute Gasteiger partial charge is 0.486 e. The van der Waals surface area contributed by atoms with Gasteiger partial charge in [-0.15, -0.1) is 0 Å². The summed E-state index contributed by atoms with van der Waals surface area (Å²) in [5, 5.41) is 8.63. The molecule has 0 aliphatic carbocycles. The lowest BCUT2D eigenvalue weighted by Crippen LogP contribution is -2.17. The molecule has 0 radical (unpaired) electrons. The lowest BCUT2D eigenvalue weighted by atomic mass is 10.1. The predicted octanol–water partition coefficient (Wildman–Crippen LogP) is 2.38. The number of hydrogen-bond acceptors (Lipinski definition) is 3. The molecule has 1 aromatic rings. The first-order chi connectivity index (χ1) is 8.09. The quantitative estimate of drug-likeness (QED) is 0.931. The van der Waals surface area contributed by atoms with Crippen LogP contribution in [0.1, 0.15) is 12.0 Å². The number of carboxylic acids is 1. The highest BCUT2D eigenvalue weighted by molar-refractivity contribution is 9.10. The van der Waals surface area contributed by atoms with Crippen LogP contribution in [0.25, 0.3) is 0 Å². The molecule has 0 saturated heterocycles. The van der Waals surface area contributed by atoms with Gasteiger partial charge in [-0.05, 0) is 22.4 Å². The van der Waals surface area contributed by atoms with E-state index in [9.17, 15) is 9.18 Å². The van der Waals surface area contributed by atoms with Crippen LogP contribution in [0.3, 0.4) is 0 Å². The molecule has 2 rings (SSSR count). The number of benzene rings is 1. The molecule has 0 saturated carbocycles. The van der Waals surface area contributed by atoms with Gasteiger partial charge in [-0.2, -0.15) is 0 Å². The summed E-state index contributed by atoms with van der Waals surface area (Å²) < 4.78 is 24.8. The van der Waals surface area contributed by atoms with E-state index < -0.39 is 11.8 Å². The van der Waals surface area contributed by atoms with Crippen LogP contribution in [0.2, 0.25) is 0 Å². The molecule has 92 valence electrons. The fourth-order valence-electron chi connectivity index (χ4n) is 1.65. The maximum absolute atomic E-state index is 13.9. The molecule has 1 aliphatic rings. The highest BCUT2D eigenvalue weighted by Crippen LogP contribution is 2.39. The van der Waals surface area contributed by atoms with E-state index in [1.54, 1.807) is 0 Å². The van der Waals surface area contributed by atoms with Crippen LogP contribution < -0.4 is 9.47 Å². The van der Waals surface area contributed by atoms with Crippen molar-refractivity contribution in [3.8, 4) is 11.5 Å². The summed E-state index contributed by atoms with van der Waals surface area (Å²) in [6.07, 6.45) is -0.0739. The van der Waals surface area contributed by atoms with Gasteiger partial charge in [0.2, 0.25) is 0 Å². The molecular weight excluding hydrogens is 295 g/mol. The van der Waals surface area contributed by atoms with Crippen LogP contribution in [-0.2, 0) is 11.2 Å². The number of ether oxygens (including phenoxy) is 2. The smallest absolute Gasteiger partial charge is 0.303 e. The zero-order chi connectivity index (χ0) is 12.4. The third kappa shape index (κ3) is 2.52. The van der Waals surface area contributed by atoms with Gasteiger partial charge in [0.05, 0.1) is 4.47 Å². The Morgan fingerprint density at radius 3 is 2.88 bits per heavy atom. The number of rotatable bonds is 3. The Morgan fingerprint density at radius 1 is 1.47 bits per heavy atom. The monoisotopic (exact) mass is 304 g/mol. The van der Waals surface area contributed by atoms with Gasteiger partial charge in [0.15, 0.2) is 11.5 Å². The zero-order valence-corrected chi connectivity index (χ0v) is 10.4. The standard InChI is InChI=1S/C11H10BrFO4/c12-7-5-8-11(17-4-3-16-8)6(10(7)13)1-2-9(14)15/h5H,1-4H2,(H,14,15). The molecule has 1 heterocycles. The van der Waals surface area contributed by atoms with Crippen molar-refractivity contribution in [2.45, 2.75) is 12.8 Å². The lowest BCUT2D eigenvalue weighted by Gasteiger charge is -2.22. The van der Waals surface area contributed by atoms with E-state index in [1.807, 2.05) is 0 Å². The average molecular weight is 305 g/mol. The summed E-state index contributed by atoms with van der Waals surface area (Å²) in [5.41, 5.74) is 0.247. The first-order valence-electron chi connectivity index (χ1n) is 5.08. The van der Waals surface area contributed by atoms with Gasteiger partial charge in [-0.3, -0.25) is 4.79 Å². The highest BCUT2D eigenvalue weighted by Gasteiger charge is 2.22. The molecule has 0 amide bonds. The fraction of sp³-hybridized carbons (Fsp3) is 0.364. The average Bonchev–Trinajstić information content (AvgIpc) is 2.29. The minimum Gasteiger partial charge on any atom is -0.486 e. The molecule has 0 spiro atoms. The predicted molar refractivity (Wildman–Crippen MR) is 61.0 cm³/mol. The minimum absolute atomic E-state index is 0.0757. The molecule has 0 unspecified atom stereocenters. The van der Waals surface area contributed by atoms with Crippen molar-refractivity contribution in [1.29, 1.82) is 0 Å². The van der Waals surface area contributed by atoms with Gasteiger partial charge < -0.3 is 14.6 Å². The van der Waals surface area contributed by atoms with Crippen LogP contribution in [-0.4, -0.2) is 24.3 Å². The van der Waals surface area contributed by atoms with Gasteiger partial charge in [-0.25, -0.2) is 4.39 Å². The van der Waals surface area contributed by atoms with Gasteiger partial charge in [0, 0.05) is 18.1 Å². The van der Waals surface area contributed by atoms with Crippen LogP contribution in [0, 0.1) is 5.82 Å². The van der Waals surface area contributed by atoms with Crippen LogP contribution in [0.4, 0.5) is 4.39 Å². The number of carbonyl (C=O) groups is 1. The molecule has 1 N–H and O–H groups in total. The second kappa shape index (κ2) is 4.91. The van der Waals surface area contributed by atoms with E-state index in [0.29, 0.717) is 24.7 Å². The SMILES string of the molecule is O=C(O)CCc1c(F)c(Br)cc2c1OCCO2. The number of carboxylic acid groups (broad SMARTS) is 1. The molecule has 17 heavy (non-hydrogen) atoms. The molecule has 0 fully saturated rings. The Morgan fingerprint density at radius 2 is 2.18 bits per heavy atom. The fourth-order valence-corrected chi connectivity index (χ4v) is 2.10. The molecular formula is C11H10BrFO4. The van der Waals surface area contributed by atoms with Crippen molar-refractivity contribution >= 4 is 21.9 Å². The van der Waals surface area contributed by atoms with Gasteiger partial charge >= 0.3 is 5.97 Å². The minimum atomic E-state index is -0.977. The maximum Gasteiger partial charge on any atom is 0.303 e. The Balaban J connectivity index is 2.39. The lowest BCUT2D eigenvalue weighted by molar-refractivity contribution is -0.136. The summed E-state index contributed by atoms with van der Waals surface area (Å²) in [6.45, 7) is 0.748. The number of hydrogen-bond donors (Lipinski definition) is 1. The first kappa shape index (κ1) is 12.2. The third-order valence-electron chi connectivity index (χ3n) is 2.41. The summed E-state index contributed by atoms with van der Waals surface area (Å²) in [6, 6.07) is 1.49. The molecule has 0 aromatic heterocycles.